The molecule has 2 rings (SSSR count). The molecule has 0 bridgehead atoms. The summed E-state index contributed by atoms with van der Waals surface area (Å²) in [4.78, 5) is 2.60. The fraction of sp³-hybridized carbons (Fsp3) is 1.00. The molecule has 0 spiro atoms. The van der Waals surface area contributed by atoms with Crippen LogP contribution in [0.3, 0.4) is 0 Å². The maximum absolute atomic E-state index is 6.02. The van der Waals surface area contributed by atoms with Crippen LogP contribution in [-0.2, 0) is 4.74 Å². The van der Waals surface area contributed by atoms with Crippen molar-refractivity contribution in [2.45, 2.75) is 44.2 Å². The van der Waals surface area contributed by atoms with Gasteiger partial charge in [-0.15, -0.1) is 0 Å². The molecule has 1 aliphatic heterocycles. The maximum Gasteiger partial charge on any atom is 0.0626 e. The van der Waals surface area contributed by atoms with Crippen LogP contribution in [0.4, 0.5) is 0 Å². The van der Waals surface area contributed by atoms with Crippen molar-refractivity contribution in [2.75, 3.05) is 26.8 Å². The van der Waals surface area contributed by atoms with Crippen molar-refractivity contribution in [3.63, 3.8) is 0 Å². The first kappa shape index (κ1) is 11.4. The summed E-state index contributed by atoms with van der Waals surface area (Å²) in [5.41, 5.74) is 6.02. The molecule has 2 fully saturated rings. The number of hydrogen-bond acceptors (Lipinski definition) is 3. The molecule has 0 aromatic rings. The number of likely N-dealkylation sites (tertiary alicyclic amines) is 1. The third-order valence-electron chi connectivity index (χ3n) is 3.97. The summed E-state index contributed by atoms with van der Waals surface area (Å²) < 4.78 is 5.10. The summed E-state index contributed by atoms with van der Waals surface area (Å²) in [5.74, 6) is 0.966. The Labute approximate surface area is 93.0 Å². The highest BCUT2D eigenvalue weighted by atomic mass is 16.5. The van der Waals surface area contributed by atoms with Gasteiger partial charge in [0.05, 0.1) is 6.61 Å². The van der Waals surface area contributed by atoms with Crippen LogP contribution in [0.5, 0.6) is 0 Å². The van der Waals surface area contributed by atoms with Crippen LogP contribution in [0.2, 0.25) is 0 Å². The van der Waals surface area contributed by atoms with Crippen LogP contribution >= 0.6 is 0 Å². The number of nitrogens with zero attached hydrogens (tertiary/aromatic N) is 1. The van der Waals surface area contributed by atoms with Crippen LogP contribution in [-0.4, -0.2) is 43.8 Å². The summed E-state index contributed by atoms with van der Waals surface area (Å²) in [5, 5.41) is 0. The van der Waals surface area contributed by atoms with Gasteiger partial charge in [-0.3, -0.25) is 4.90 Å². The monoisotopic (exact) mass is 212 g/mol. The van der Waals surface area contributed by atoms with E-state index in [1.807, 2.05) is 0 Å². The van der Waals surface area contributed by atoms with Gasteiger partial charge in [-0.25, -0.2) is 0 Å². The number of hydrogen-bond donors (Lipinski definition) is 1. The minimum absolute atomic E-state index is 0.190. The largest absolute Gasteiger partial charge is 0.383 e. The molecule has 0 aromatic heterocycles. The quantitative estimate of drug-likeness (QED) is 0.761. The lowest BCUT2D eigenvalue weighted by atomic mass is 9.85. The van der Waals surface area contributed by atoms with E-state index in [1.54, 1.807) is 7.11 Å². The molecule has 1 aliphatic carbocycles. The fourth-order valence-electron chi connectivity index (χ4n) is 3.30. The zero-order valence-corrected chi connectivity index (χ0v) is 9.82. The Morgan fingerprint density at radius 3 is 2.93 bits per heavy atom. The van der Waals surface area contributed by atoms with E-state index in [2.05, 4.69) is 4.90 Å². The molecule has 3 unspecified atom stereocenters. The van der Waals surface area contributed by atoms with E-state index in [0.29, 0.717) is 6.61 Å². The second kappa shape index (κ2) is 5.28. The highest BCUT2D eigenvalue weighted by molar-refractivity contribution is 4.90. The highest BCUT2D eigenvalue weighted by Gasteiger charge is 2.35. The van der Waals surface area contributed by atoms with E-state index >= 15 is 0 Å². The average molecular weight is 212 g/mol. The Kier molecular flexibility index (Phi) is 4.00. The smallest absolute Gasteiger partial charge is 0.0626 e. The van der Waals surface area contributed by atoms with Gasteiger partial charge in [-0.1, -0.05) is 12.8 Å². The number of rotatable bonds is 4. The van der Waals surface area contributed by atoms with Gasteiger partial charge in [0, 0.05) is 25.7 Å². The molecule has 2 N–H and O–H groups in total. The van der Waals surface area contributed by atoms with Gasteiger partial charge >= 0.3 is 0 Å². The molecule has 0 radical (unpaired) electrons. The molecule has 0 amide bonds. The van der Waals surface area contributed by atoms with Crippen LogP contribution in [0.15, 0.2) is 0 Å². The molecule has 1 heterocycles. The van der Waals surface area contributed by atoms with Crippen molar-refractivity contribution in [3.05, 3.63) is 0 Å². The molecule has 15 heavy (non-hydrogen) atoms. The SMILES string of the molecule is COCC(N)CN1CCC2CCCCC21. The topological polar surface area (TPSA) is 38.5 Å². The van der Waals surface area contributed by atoms with Crippen LogP contribution in [0.1, 0.15) is 32.1 Å². The lowest BCUT2D eigenvalue weighted by molar-refractivity contribution is 0.131. The van der Waals surface area contributed by atoms with Gasteiger partial charge in [-0.05, 0) is 31.7 Å². The van der Waals surface area contributed by atoms with E-state index in [-0.39, 0.29) is 6.04 Å². The van der Waals surface area contributed by atoms with Gasteiger partial charge in [0.2, 0.25) is 0 Å². The summed E-state index contributed by atoms with van der Waals surface area (Å²) in [6.45, 7) is 2.97. The third-order valence-corrected chi connectivity index (χ3v) is 3.97. The van der Waals surface area contributed by atoms with E-state index in [4.69, 9.17) is 10.5 Å². The zero-order chi connectivity index (χ0) is 10.7. The Morgan fingerprint density at radius 1 is 1.33 bits per heavy atom. The first-order valence-corrected chi connectivity index (χ1v) is 6.30. The fourth-order valence-corrected chi connectivity index (χ4v) is 3.30. The summed E-state index contributed by atoms with van der Waals surface area (Å²) in [6.07, 6.45) is 7.09. The molecule has 1 saturated carbocycles. The normalized spacial score (nSPS) is 34.0. The molecule has 3 atom stereocenters. The highest BCUT2D eigenvalue weighted by Crippen LogP contribution is 2.35. The Hall–Kier alpha value is -0.120. The van der Waals surface area contributed by atoms with Crippen LogP contribution < -0.4 is 5.73 Å². The number of ether oxygens (including phenoxy) is 1. The Morgan fingerprint density at radius 2 is 2.13 bits per heavy atom. The second-order valence-electron chi connectivity index (χ2n) is 5.11. The van der Waals surface area contributed by atoms with Crippen LogP contribution in [0, 0.1) is 5.92 Å². The lowest BCUT2D eigenvalue weighted by Crippen LogP contribution is -2.44. The van der Waals surface area contributed by atoms with E-state index in [1.165, 1.54) is 38.6 Å². The average Bonchev–Trinajstić information content (AvgIpc) is 2.62. The second-order valence-corrected chi connectivity index (χ2v) is 5.11. The summed E-state index contributed by atoms with van der Waals surface area (Å²) >= 11 is 0. The molecule has 2 aliphatic rings. The maximum atomic E-state index is 6.02. The molecule has 3 heteroatoms. The Balaban J connectivity index is 1.82. The molecule has 88 valence electrons. The van der Waals surface area contributed by atoms with Crippen molar-refractivity contribution in [1.82, 2.24) is 4.90 Å². The van der Waals surface area contributed by atoms with Crippen molar-refractivity contribution in [3.8, 4) is 0 Å². The molecule has 1 saturated heterocycles. The predicted octanol–water partition coefficient (Wildman–Crippen LogP) is 1.22. The number of nitrogens with two attached hydrogens (primary N) is 1. The van der Waals surface area contributed by atoms with Crippen LogP contribution in [0.25, 0.3) is 0 Å². The van der Waals surface area contributed by atoms with Gasteiger partial charge < -0.3 is 10.5 Å². The Bertz CT molecular complexity index is 198. The number of fused-ring (bicyclic) bond motifs is 1. The third kappa shape index (κ3) is 2.71. The zero-order valence-electron chi connectivity index (χ0n) is 9.82. The first-order chi connectivity index (χ1) is 7.31. The number of methoxy groups -OCH3 is 1. The lowest BCUT2D eigenvalue weighted by Gasteiger charge is -2.33. The van der Waals surface area contributed by atoms with E-state index < -0.39 is 0 Å². The first-order valence-electron chi connectivity index (χ1n) is 6.30. The molecule has 3 nitrogen and oxygen atoms in total. The molecule has 0 aromatic carbocycles. The van der Waals surface area contributed by atoms with E-state index in [0.717, 1.165) is 18.5 Å². The molecular formula is C12H24N2O. The standard InChI is InChI=1S/C12H24N2O/c1-15-9-11(13)8-14-7-6-10-4-2-3-5-12(10)14/h10-12H,2-9,13H2,1H3. The minimum Gasteiger partial charge on any atom is -0.383 e. The molecular weight excluding hydrogens is 188 g/mol. The summed E-state index contributed by atoms with van der Waals surface area (Å²) in [6, 6.07) is 1.03. The van der Waals surface area contributed by atoms with Gasteiger partial charge in [0.25, 0.3) is 0 Å². The predicted molar refractivity (Wildman–Crippen MR) is 61.8 cm³/mol. The summed E-state index contributed by atoms with van der Waals surface area (Å²) in [7, 11) is 1.73. The van der Waals surface area contributed by atoms with Crippen molar-refractivity contribution in [1.29, 1.82) is 0 Å². The van der Waals surface area contributed by atoms with Crippen molar-refractivity contribution >= 4 is 0 Å². The van der Waals surface area contributed by atoms with Gasteiger partial charge in [-0.2, -0.15) is 0 Å². The van der Waals surface area contributed by atoms with Crippen molar-refractivity contribution in [2.24, 2.45) is 11.7 Å². The van der Waals surface area contributed by atoms with Crippen molar-refractivity contribution < 1.29 is 4.74 Å². The van der Waals surface area contributed by atoms with E-state index in [9.17, 15) is 0 Å². The van der Waals surface area contributed by atoms with Gasteiger partial charge in [0.15, 0.2) is 0 Å². The van der Waals surface area contributed by atoms with Gasteiger partial charge in [0.1, 0.15) is 0 Å². The minimum atomic E-state index is 0.190.